The molecule has 0 aliphatic rings. The summed E-state index contributed by atoms with van der Waals surface area (Å²) < 4.78 is 26.6. The zero-order valence-electron chi connectivity index (χ0n) is 14.2. The van der Waals surface area contributed by atoms with E-state index in [0.717, 1.165) is 6.42 Å². The molecule has 0 saturated carbocycles. The molecule has 0 fully saturated rings. The summed E-state index contributed by atoms with van der Waals surface area (Å²) in [6.45, 7) is 8.00. The van der Waals surface area contributed by atoms with Crippen LogP contribution in [0.15, 0.2) is 29.2 Å². The number of carbonyl (C=O) groups is 1. The third kappa shape index (κ3) is 6.29. The molecule has 0 radical (unpaired) electrons. The topological polar surface area (TPSA) is 101 Å². The van der Waals surface area contributed by atoms with Crippen LogP contribution in [0.2, 0.25) is 0 Å². The average molecular weight is 341 g/mol. The lowest BCUT2D eigenvalue weighted by atomic mass is 10.0. The second-order valence-corrected chi connectivity index (χ2v) is 8.05. The van der Waals surface area contributed by atoms with Crippen molar-refractivity contribution in [2.45, 2.75) is 51.1 Å². The van der Waals surface area contributed by atoms with Crippen LogP contribution in [0.1, 0.15) is 44.5 Å². The van der Waals surface area contributed by atoms with Crippen LogP contribution >= 0.6 is 0 Å². The smallest absolute Gasteiger partial charge is 0.251 e. The number of nitrogens with two attached hydrogens (primary N) is 1. The van der Waals surface area contributed by atoms with E-state index >= 15 is 0 Å². The molecule has 4 N–H and O–H groups in total. The monoisotopic (exact) mass is 341 g/mol. The lowest BCUT2D eigenvalue weighted by Crippen LogP contribution is -2.41. The number of hydrogen-bond acceptors (Lipinski definition) is 4. The highest BCUT2D eigenvalue weighted by molar-refractivity contribution is 7.89. The van der Waals surface area contributed by atoms with Gasteiger partial charge >= 0.3 is 0 Å². The third-order valence-corrected chi connectivity index (χ3v) is 4.87. The molecule has 0 aromatic heterocycles. The van der Waals surface area contributed by atoms with E-state index in [2.05, 4.69) is 23.9 Å². The van der Waals surface area contributed by atoms with Crippen molar-refractivity contribution in [3.8, 4) is 0 Å². The van der Waals surface area contributed by atoms with Crippen molar-refractivity contribution >= 4 is 15.9 Å². The van der Waals surface area contributed by atoms with E-state index in [1.807, 2.05) is 0 Å². The van der Waals surface area contributed by atoms with Crippen LogP contribution in [0.5, 0.6) is 0 Å². The van der Waals surface area contributed by atoms with Crippen molar-refractivity contribution in [2.24, 2.45) is 11.7 Å². The van der Waals surface area contributed by atoms with Crippen molar-refractivity contribution in [1.29, 1.82) is 0 Å². The second kappa shape index (κ2) is 8.42. The fourth-order valence-corrected chi connectivity index (χ4v) is 3.47. The molecule has 1 rings (SSSR count). The summed E-state index contributed by atoms with van der Waals surface area (Å²) in [7, 11) is -3.55. The van der Waals surface area contributed by atoms with Crippen LogP contribution in [0.3, 0.4) is 0 Å². The predicted molar refractivity (Wildman–Crippen MR) is 91.7 cm³/mol. The third-order valence-electron chi connectivity index (χ3n) is 3.19. The molecule has 0 bridgehead atoms. The van der Waals surface area contributed by atoms with Gasteiger partial charge in [-0.25, -0.2) is 13.1 Å². The fraction of sp³-hybridized carbons (Fsp3) is 0.562. The van der Waals surface area contributed by atoms with Gasteiger partial charge in [-0.1, -0.05) is 13.8 Å². The van der Waals surface area contributed by atoms with Crippen molar-refractivity contribution in [3.05, 3.63) is 29.8 Å². The molecule has 23 heavy (non-hydrogen) atoms. The van der Waals surface area contributed by atoms with Crippen LogP contribution in [-0.4, -0.2) is 33.0 Å². The van der Waals surface area contributed by atoms with E-state index in [0.29, 0.717) is 18.0 Å². The lowest BCUT2D eigenvalue weighted by molar-refractivity contribution is 0.0933. The van der Waals surface area contributed by atoms with Gasteiger partial charge in [-0.15, -0.1) is 0 Å². The van der Waals surface area contributed by atoms with Gasteiger partial charge in [-0.2, -0.15) is 0 Å². The number of rotatable bonds is 8. The van der Waals surface area contributed by atoms with Gasteiger partial charge in [-0.05, 0) is 50.5 Å². The van der Waals surface area contributed by atoms with Crippen LogP contribution < -0.4 is 15.8 Å². The van der Waals surface area contributed by atoms with Crippen molar-refractivity contribution in [1.82, 2.24) is 10.0 Å². The number of carbonyl (C=O) groups excluding carboxylic acids is 1. The highest BCUT2D eigenvalue weighted by Gasteiger charge is 2.17. The summed E-state index contributed by atoms with van der Waals surface area (Å²) in [4.78, 5) is 12.3. The van der Waals surface area contributed by atoms with Gasteiger partial charge in [-0.3, -0.25) is 4.79 Å². The minimum absolute atomic E-state index is 0.0893. The summed E-state index contributed by atoms with van der Waals surface area (Å²) in [5.74, 6) is 0.181. The first kappa shape index (κ1) is 19.6. The van der Waals surface area contributed by atoms with Gasteiger partial charge in [0.15, 0.2) is 0 Å². The predicted octanol–water partition coefficient (Wildman–Crippen LogP) is 1.48. The molecule has 1 aromatic rings. The normalized spacial score (nSPS) is 13.3. The zero-order valence-corrected chi connectivity index (χ0v) is 15.0. The largest absolute Gasteiger partial charge is 0.348 e. The Bertz CT molecular complexity index is 610. The molecule has 1 unspecified atom stereocenters. The Balaban J connectivity index is 2.82. The summed E-state index contributed by atoms with van der Waals surface area (Å²) in [6.07, 6.45) is 0.799. The zero-order chi connectivity index (χ0) is 17.6. The number of sulfonamides is 1. The van der Waals surface area contributed by atoms with Crippen LogP contribution in [0, 0.1) is 5.92 Å². The van der Waals surface area contributed by atoms with Crippen molar-refractivity contribution in [3.63, 3.8) is 0 Å². The van der Waals surface area contributed by atoms with Crippen molar-refractivity contribution in [2.75, 3.05) is 6.54 Å². The first-order valence-electron chi connectivity index (χ1n) is 7.79. The molecule has 0 saturated heterocycles. The first-order chi connectivity index (χ1) is 10.7. The van der Waals surface area contributed by atoms with E-state index in [1.54, 1.807) is 13.8 Å². The minimum Gasteiger partial charge on any atom is -0.348 e. The highest BCUT2D eigenvalue weighted by Crippen LogP contribution is 2.12. The molecule has 6 nitrogen and oxygen atoms in total. The summed E-state index contributed by atoms with van der Waals surface area (Å²) >= 11 is 0. The maximum atomic E-state index is 12.2. The van der Waals surface area contributed by atoms with Gasteiger partial charge in [0, 0.05) is 24.2 Å². The minimum atomic E-state index is -3.55. The molecule has 1 amide bonds. The maximum absolute atomic E-state index is 12.2. The van der Waals surface area contributed by atoms with E-state index in [1.165, 1.54) is 24.3 Å². The molecule has 1 atom stereocenters. The Kier molecular flexibility index (Phi) is 7.18. The van der Waals surface area contributed by atoms with Gasteiger partial charge in [0.25, 0.3) is 5.91 Å². The summed E-state index contributed by atoms with van der Waals surface area (Å²) in [6, 6.07) is 5.59. The molecule has 0 heterocycles. The maximum Gasteiger partial charge on any atom is 0.251 e. The molecule has 7 heteroatoms. The van der Waals surface area contributed by atoms with Crippen molar-refractivity contribution < 1.29 is 13.2 Å². The van der Waals surface area contributed by atoms with E-state index in [-0.39, 0.29) is 22.9 Å². The van der Waals surface area contributed by atoms with Gasteiger partial charge < -0.3 is 11.1 Å². The van der Waals surface area contributed by atoms with E-state index in [9.17, 15) is 13.2 Å². The molecule has 130 valence electrons. The number of benzene rings is 1. The molecule has 0 spiro atoms. The molecule has 0 aliphatic heterocycles. The molecule has 0 aliphatic carbocycles. The Morgan fingerprint density at radius 3 is 2.13 bits per heavy atom. The van der Waals surface area contributed by atoms with Crippen LogP contribution in [-0.2, 0) is 10.0 Å². The number of hydrogen-bond donors (Lipinski definition) is 3. The van der Waals surface area contributed by atoms with Crippen LogP contribution in [0.4, 0.5) is 0 Å². The van der Waals surface area contributed by atoms with Gasteiger partial charge in [0.1, 0.15) is 0 Å². The quantitative estimate of drug-likeness (QED) is 0.666. The Morgan fingerprint density at radius 1 is 1.13 bits per heavy atom. The Labute approximate surface area is 138 Å². The Morgan fingerprint density at radius 2 is 1.70 bits per heavy atom. The number of nitrogens with one attached hydrogen (secondary N) is 2. The standard InChI is InChI=1S/C16H27N3O3S/c1-11(2)9-14(10-17)18-16(20)13-5-7-15(8-6-13)23(21,22)19-12(3)4/h5-8,11-12,14,19H,9-10,17H2,1-4H3,(H,18,20). The number of amides is 1. The van der Waals surface area contributed by atoms with Gasteiger partial charge in [0.05, 0.1) is 4.90 Å². The van der Waals surface area contributed by atoms with Crippen LogP contribution in [0.25, 0.3) is 0 Å². The Hall–Kier alpha value is -1.44. The molecular formula is C16H27N3O3S. The summed E-state index contributed by atoms with van der Waals surface area (Å²) in [5.41, 5.74) is 6.09. The lowest BCUT2D eigenvalue weighted by Gasteiger charge is -2.19. The molecular weight excluding hydrogens is 314 g/mol. The van der Waals surface area contributed by atoms with E-state index < -0.39 is 10.0 Å². The second-order valence-electron chi connectivity index (χ2n) is 6.34. The fourth-order valence-electron chi connectivity index (χ4n) is 2.22. The molecule has 1 aromatic carbocycles. The SMILES string of the molecule is CC(C)CC(CN)NC(=O)c1ccc(S(=O)(=O)NC(C)C)cc1. The van der Waals surface area contributed by atoms with E-state index in [4.69, 9.17) is 5.73 Å². The van der Waals surface area contributed by atoms with Gasteiger partial charge in [0.2, 0.25) is 10.0 Å². The highest BCUT2D eigenvalue weighted by atomic mass is 32.2. The summed E-state index contributed by atoms with van der Waals surface area (Å²) in [5, 5.41) is 2.88. The average Bonchev–Trinajstić information content (AvgIpc) is 2.44. The first-order valence-corrected chi connectivity index (χ1v) is 9.27.